The molecule has 3 nitrogen and oxygen atoms in total. The monoisotopic (exact) mass is 214 g/mol. The molecule has 0 spiro atoms. The molecular weight excluding hydrogens is 204 g/mol. The number of thiophene rings is 1. The molecule has 1 amide bonds. The van der Waals surface area contributed by atoms with Crippen LogP contribution in [0.15, 0.2) is 17.5 Å². The summed E-state index contributed by atoms with van der Waals surface area (Å²) in [6, 6.07) is 3.62. The lowest BCUT2D eigenvalue weighted by molar-refractivity contribution is 0.0959. The smallest absolute Gasteiger partial charge is 0.261 e. The molecule has 70 valence electrons. The second-order valence-electron chi connectivity index (χ2n) is 2.45. The molecule has 0 atom stereocenters. The van der Waals surface area contributed by atoms with Crippen LogP contribution < -0.4 is 11.1 Å². The van der Waals surface area contributed by atoms with E-state index in [4.69, 9.17) is 5.73 Å². The van der Waals surface area contributed by atoms with Crippen molar-refractivity contribution >= 4 is 34.5 Å². The van der Waals surface area contributed by atoms with E-state index in [2.05, 4.69) is 17.5 Å². The fourth-order valence-electron chi connectivity index (χ4n) is 0.794. The second kappa shape index (κ2) is 4.94. The molecule has 0 fully saturated rings. The summed E-state index contributed by atoms with van der Waals surface area (Å²) in [7, 11) is 0. The van der Waals surface area contributed by atoms with Crippen LogP contribution in [0.1, 0.15) is 16.1 Å². The van der Waals surface area contributed by atoms with Crippen molar-refractivity contribution < 1.29 is 4.79 Å². The van der Waals surface area contributed by atoms with Gasteiger partial charge in [-0.3, -0.25) is 4.79 Å². The maximum atomic E-state index is 11.3. The molecule has 1 aromatic rings. The Morgan fingerprint density at radius 2 is 2.46 bits per heavy atom. The van der Waals surface area contributed by atoms with E-state index in [1.54, 1.807) is 6.07 Å². The average molecular weight is 214 g/mol. The summed E-state index contributed by atoms with van der Waals surface area (Å²) in [5, 5.41) is 4.58. The van der Waals surface area contributed by atoms with E-state index in [-0.39, 0.29) is 5.91 Å². The van der Waals surface area contributed by atoms with E-state index >= 15 is 0 Å². The minimum absolute atomic E-state index is 0.0637. The average Bonchev–Trinajstić information content (AvgIpc) is 2.55. The minimum Gasteiger partial charge on any atom is -0.393 e. The van der Waals surface area contributed by atoms with Crippen molar-refractivity contribution in [1.29, 1.82) is 0 Å². The molecule has 0 aromatic carbocycles. The third-order valence-electron chi connectivity index (χ3n) is 1.40. The number of thiocarbonyl (C=S) groups is 1. The summed E-state index contributed by atoms with van der Waals surface area (Å²) in [6.07, 6.45) is 0.548. The molecule has 0 radical (unpaired) electrons. The summed E-state index contributed by atoms with van der Waals surface area (Å²) >= 11 is 6.09. The van der Waals surface area contributed by atoms with Crippen molar-refractivity contribution in [2.75, 3.05) is 6.54 Å². The van der Waals surface area contributed by atoms with Crippen molar-refractivity contribution in [2.24, 2.45) is 5.73 Å². The Kier molecular flexibility index (Phi) is 3.85. The largest absolute Gasteiger partial charge is 0.393 e. The Balaban J connectivity index is 2.31. The zero-order valence-corrected chi connectivity index (χ0v) is 8.58. The van der Waals surface area contributed by atoms with Gasteiger partial charge in [0, 0.05) is 13.0 Å². The van der Waals surface area contributed by atoms with E-state index in [1.807, 2.05) is 11.4 Å². The van der Waals surface area contributed by atoms with Crippen molar-refractivity contribution in [3.05, 3.63) is 22.4 Å². The van der Waals surface area contributed by atoms with Gasteiger partial charge in [-0.15, -0.1) is 11.3 Å². The fourth-order valence-corrected chi connectivity index (χ4v) is 1.54. The number of nitrogens with two attached hydrogens (primary N) is 1. The Hall–Kier alpha value is -0.940. The predicted octanol–water partition coefficient (Wildman–Crippen LogP) is 1.15. The van der Waals surface area contributed by atoms with Crippen LogP contribution in [0.3, 0.4) is 0 Å². The SMILES string of the molecule is NC(=S)CCNC(=O)c1cccs1. The summed E-state index contributed by atoms with van der Waals surface area (Å²) in [5.41, 5.74) is 5.28. The summed E-state index contributed by atoms with van der Waals surface area (Å²) < 4.78 is 0. The standard InChI is InChI=1S/C8H10N2OS2/c9-7(12)3-4-10-8(11)6-2-1-5-13-6/h1-2,5H,3-4H2,(H2,9,12)(H,10,11). The molecule has 0 unspecified atom stereocenters. The van der Waals surface area contributed by atoms with Crippen molar-refractivity contribution in [3.63, 3.8) is 0 Å². The number of nitrogens with one attached hydrogen (secondary N) is 1. The van der Waals surface area contributed by atoms with Crippen LogP contribution in [0, 0.1) is 0 Å². The van der Waals surface area contributed by atoms with E-state index in [1.165, 1.54) is 11.3 Å². The Bertz CT molecular complexity index is 295. The molecule has 1 heterocycles. The van der Waals surface area contributed by atoms with Crippen LogP contribution in [0.2, 0.25) is 0 Å². The van der Waals surface area contributed by atoms with Gasteiger partial charge in [-0.2, -0.15) is 0 Å². The lowest BCUT2D eigenvalue weighted by atomic mass is 10.4. The second-order valence-corrected chi connectivity index (χ2v) is 3.92. The van der Waals surface area contributed by atoms with Gasteiger partial charge in [-0.05, 0) is 11.4 Å². The zero-order valence-electron chi connectivity index (χ0n) is 6.95. The first-order chi connectivity index (χ1) is 6.20. The highest BCUT2D eigenvalue weighted by Gasteiger charge is 2.04. The van der Waals surface area contributed by atoms with Gasteiger partial charge < -0.3 is 11.1 Å². The number of rotatable bonds is 4. The number of hydrogen-bond donors (Lipinski definition) is 2. The number of carbonyl (C=O) groups excluding carboxylic acids is 1. The zero-order chi connectivity index (χ0) is 9.68. The minimum atomic E-state index is -0.0637. The van der Waals surface area contributed by atoms with Crippen LogP contribution in [0.5, 0.6) is 0 Å². The van der Waals surface area contributed by atoms with Gasteiger partial charge in [-0.25, -0.2) is 0 Å². The molecular formula is C8H10N2OS2. The van der Waals surface area contributed by atoms with Gasteiger partial charge in [0.1, 0.15) is 0 Å². The molecule has 0 bridgehead atoms. The highest BCUT2D eigenvalue weighted by atomic mass is 32.1. The van der Waals surface area contributed by atoms with Crippen LogP contribution >= 0.6 is 23.6 Å². The molecule has 0 aliphatic heterocycles. The van der Waals surface area contributed by atoms with Crippen LogP contribution in [-0.4, -0.2) is 17.4 Å². The molecule has 0 aliphatic rings. The van der Waals surface area contributed by atoms with Gasteiger partial charge in [-0.1, -0.05) is 18.3 Å². The molecule has 3 N–H and O–H groups in total. The first-order valence-corrected chi connectivity index (χ1v) is 5.09. The quantitative estimate of drug-likeness (QED) is 0.739. The van der Waals surface area contributed by atoms with Crippen molar-refractivity contribution in [2.45, 2.75) is 6.42 Å². The fraction of sp³-hybridized carbons (Fsp3) is 0.250. The third kappa shape index (κ3) is 3.52. The van der Waals surface area contributed by atoms with Gasteiger partial charge in [0.15, 0.2) is 0 Å². The summed E-state index contributed by atoms with van der Waals surface area (Å²) in [4.78, 5) is 12.4. The molecule has 1 aromatic heterocycles. The van der Waals surface area contributed by atoms with E-state index in [9.17, 15) is 4.79 Å². The Labute approximate surface area is 85.9 Å². The summed E-state index contributed by atoms with van der Waals surface area (Å²) in [6.45, 7) is 0.506. The maximum absolute atomic E-state index is 11.3. The maximum Gasteiger partial charge on any atom is 0.261 e. The normalized spacial score (nSPS) is 9.54. The molecule has 13 heavy (non-hydrogen) atoms. The topological polar surface area (TPSA) is 55.1 Å². The molecule has 0 saturated heterocycles. The van der Waals surface area contributed by atoms with Crippen molar-refractivity contribution in [1.82, 2.24) is 5.32 Å². The Morgan fingerprint density at radius 3 is 3.00 bits per heavy atom. The number of carbonyl (C=O) groups is 1. The summed E-state index contributed by atoms with van der Waals surface area (Å²) in [5.74, 6) is -0.0637. The molecule has 0 aliphatic carbocycles. The van der Waals surface area contributed by atoms with Crippen LogP contribution in [0.25, 0.3) is 0 Å². The van der Waals surface area contributed by atoms with Gasteiger partial charge >= 0.3 is 0 Å². The highest BCUT2D eigenvalue weighted by Crippen LogP contribution is 2.07. The Morgan fingerprint density at radius 1 is 1.69 bits per heavy atom. The lowest BCUT2D eigenvalue weighted by Gasteiger charge is -2.01. The number of amides is 1. The third-order valence-corrected chi connectivity index (χ3v) is 2.47. The first-order valence-electron chi connectivity index (χ1n) is 3.80. The van der Waals surface area contributed by atoms with Crippen LogP contribution in [0.4, 0.5) is 0 Å². The van der Waals surface area contributed by atoms with Gasteiger partial charge in [0.05, 0.1) is 9.87 Å². The van der Waals surface area contributed by atoms with E-state index in [0.29, 0.717) is 22.8 Å². The van der Waals surface area contributed by atoms with Crippen molar-refractivity contribution in [3.8, 4) is 0 Å². The van der Waals surface area contributed by atoms with E-state index < -0.39 is 0 Å². The molecule has 0 saturated carbocycles. The van der Waals surface area contributed by atoms with Gasteiger partial charge in [0.25, 0.3) is 5.91 Å². The molecule has 1 rings (SSSR count). The molecule has 5 heteroatoms. The van der Waals surface area contributed by atoms with E-state index in [0.717, 1.165) is 0 Å². The first kappa shape index (κ1) is 10.1. The highest BCUT2D eigenvalue weighted by molar-refractivity contribution is 7.80. The predicted molar refractivity (Wildman–Crippen MR) is 58.1 cm³/mol. The van der Waals surface area contributed by atoms with Crippen LogP contribution in [-0.2, 0) is 0 Å². The van der Waals surface area contributed by atoms with Gasteiger partial charge in [0.2, 0.25) is 0 Å². The number of hydrogen-bond acceptors (Lipinski definition) is 3. The lowest BCUT2D eigenvalue weighted by Crippen LogP contribution is -2.26.